The fraction of sp³-hybridized carbons (Fsp3) is 0.500. The fourth-order valence-electron chi connectivity index (χ4n) is 7.23. The molecule has 1 fully saturated rings. The Hall–Kier alpha value is -3.09. The van der Waals surface area contributed by atoms with Gasteiger partial charge >= 0.3 is 12.2 Å². The lowest BCUT2D eigenvalue weighted by atomic mass is 9.46. The monoisotopic (exact) mass is 482 g/mol. The molecule has 2 aliphatic rings. The minimum absolute atomic E-state index is 0.219. The number of hydrogen-bond acceptors (Lipinski definition) is 2. The standard InChI is InChI=1S/C28H35FN2O4/c1-25(2,3)27-14-16-30(23(32)33)17-15-28(27,26(4,5)6)31(24(34)35)21-13-9-11-19(22(21)27)18-10-7-8-12-20(18)29/h7-13H,14-17H2,1-6H3,(H,32,33)(H,34,35). The minimum atomic E-state index is -1.08. The SMILES string of the molecule is CC(C)(C)C12CCN(C(=O)O)CCC1(C(C)(C)C)N(C(=O)O)c1cccc(-c3ccccc3F)c12. The van der Waals surface area contributed by atoms with Gasteiger partial charge in [0.1, 0.15) is 5.82 Å². The lowest BCUT2D eigenvalue weighted by molar-refractivity contribution is 0.00741. The van der Waals surface area contributed by atoms with E-state index in [0.717, 1.165) is 5.56 Å². The largest absolute Gasteiger partial charge is 0.465 e. The van der Waals surface area contributed by atoms with Crippen molar-refractivity contribution in [1.82, 2.24) is 4.90 Å². The van der Waals surface area contributed by atoms with E-state index in [-0.39, 0.29) is 18.9 Å². The zero-order valence-electron chi connectivity index (χ0n) is 21.4. The van der Waals surface area contributed by atoms with Gasteiger partial charge in [-0.3, -0.25) is 4.90 Å². The predicted octanol–water partition coefficient (Wildman–Crippen LogP) is 6.83. The van der Waals surface area contributed by atoms with E-state index in [1.807, 2.05) is 32.9 Å². The van der Waals surface area contributed by atoms with Crippen LogP contribution in [-0.2, 0) is 5.41 Å². The number of anilines is 1. The average molecular weight is 483 g/mol. The highest BCUT2D eigenvalue weighted by molar-refractivity contribution is 5.96. The summed E-state index contributed by atoms with van der Waals surface area (Å²) in [6, 6.07) is 12.0. The molecule has 35 heavy (non-hydrogen) atoms. The first-order valence-corrected chi connectivity index (χ1v) is 12.1. The highest BCUT2D eigenvalue weighted by Gasteiger charge is 2.72. The lowest BCUT2D eigenvalue weighted by Gasteiger charge is -2.61. The van der Waals surface area contributed by atoms with E-state index in [4.69, 9.17) is 0 Å². The van der Waals surface area contributed by atoms with Gasteiger partial charge in [0.2, 0.25) is 0 Å². The van der Waals surface area contributed by atoms with Gasteiger partial charge in [-0.25, -0.2) is 14.0 Å². The Balaban J connectivity index is 2.21. The number of halogens is 1. The maximum absolute atomic E-state index is 15.2. The molecule has 2 amide bonds. The number of amides is 2. The van der Waals surface area contributed by atoms with Gasteiger partial charge in [-0.2, -0.15) is 0 Å². The van der Waals surface area contributed by atoms with Gasteiger partial charge in [0.15, 0.2) is 0 Å². The Labute approximate surface area is 206 Å². The van der Waals surface area contributed by atoms with Crippen molar-refractivity contribution in [2.45, 2.75) is 65.3 Å². The molecule has 4 rings (SSSR count). The van der Waals surface area contributed by atoms with Crippen molar-refractivity contribution < 1.29 is 24.2 Å². The van der Waals surface area contributed by atoms with Crippen molar-refractivity contribution in [3.05, 3.63) is 53.8 Å². The number of nitrogens with zero attached hydrogens (tertiary/aromatic N) is 2. The van der Waals surface area contributed by atoms with Crippen LogP contribution in [0.25, 0.3) is 11.1 Å². The second-order valence-electron chi connectivity index (χ2n) is 11.8. The summed E-state index contributed by atoms with van der Waals surface area (Å²) in [7, 11) is 0. The van der Waals surface area contributed by atoms with E-state index in [0.29, 0.717) is 29.7 Å². The summed E-state index contributed by atoms with van der Waals surface area (Å²) in [5.74, 6) is -0.374. The summed E-state index contributed by atoms with van der Waals surface area (Å²) >= 11 is 0. The molecular weight excluding hydrogens is 447 g/mol. The first kappa shape index (κ1) is 25.0. The highest BCUT2D eigenvalue weighted by atomic mass is 19.1. The summed E-state index contributed by atoms with van der Waals surface area (Å²) in [5.41, 5.74) is -0.394. The van der Waals surface area contributed by atoms with E-state index in [2.05, 4.69) is 20.8 Å². The molecule has 2 aliphatic heterocycles. The molecule has 2 heterocycles. The van der Waals surface area contributed by atoms with Gasteiger partial charge in [0.05, 0.1) is 11.2 Å². The molecule has 0 bridgehead atoms. The smallest absolute Gasteiger partial charge is 0.412 e. The molecule has 2 unspecified atom stereocenters. The highest BCUT2D eigenvalue weighted by Crippen LogP contribution is 2.69. The van der Waals surface area contributed by atoms with Gasteiger partial charge in [0.25, 0.3) is 0 Å². The van der Waals surface area contributed by atoms with Crippen LogP contribution in [0.15, 0.2) is 42.5 Å². The first-order chi connectivity index (χ1) is 16.2. The van der Waals surface area contributed by atoms with Crippen molar-refractivity contribution >= 4 is 17.9 Å². The zero-order valence-corrected chi connectivity index (χ0v) is 21.4. The molecule has 0 saturated carbocycles. The van der Waals surface area contributed by atoms with Crippen LogP contribution in [0.3, 0.4) is 0 Å². The number of hydrogen-bond donors (Lipinski definition) is 2. The maximum Gasteiger partial charge on any atom is 0.412 e. The summed E-state index contributed by atoms with van der Waals surface area (Å²) in [6.07, 6.45) is -1.34. The third kappa shape index (κ3) is 3.27. The molecule has 2 aromatic carbocycles. The Kier molecular flexibility index (Phi) is 5.70. The van der Waals surface area contributed by atoms with Crippen LogP contribution >= 0.6 is 0 Å². The molecule has 0 aromatic heterocycles. The van der Waals surface area contributed by atoms with Crippen molar-refractivity contribution in [3.8, 4) is 11.1 Å². The summed E-state index contributed by atoms with van der Waals surface area (Å²) in [4.78, 5) is 28.1. The van der Waals surface area contributed by atoms with Crippen LogP contribution in [0.1, 0.15) is 59.9 Å². The number of carboxylic acid groups (broad SMARTS) is 2. The van der Waals surface area contributed by atoms with Crippen LogP contribution in [0.4, 0.5) is 19.7 Å². The molecule has 6 nitrogen and oxygen atoms in total. The fourth-order valence-corrected chi connectivity index (χ4v) is 7.23. The predicted molar refractivity (Wildman–Crippen MR) is 134 cm³/mol. The molecule has 2 atom stereocenters. The van der Waals surface area contributed by atoms with Crippen molar-refractivity contribution in [3.63, 3.8) is 0 Å². The van der Waals surface area contributed by atoms with Gasteiger partial charge in [0, 0.05) is 24.1 Å². The van der Waals surface area contributed by atoms with Crippen LogP contribution in [0.5, 0.6) is 0 Å². The molecular formula is C28H35FN2O4. The molecule has 0 radical (unpaired) electrons. The second-order valence-corrected chi connectivity index (χ2v) is 11.8. The Morgan fingerprint density at radius 3 is 1.97 bits per heavy atom. The average Bonchev–Trinajstić information content (AvgIpc) is 2.88. The van der Waals surface area contributed by atoms with Crippen LogP contribution in [-0.4, -0.2) is 45.9 Å². The number of benzene rings is 2. The minimum Gasteiger partial charge on any atom is -0.465 e. The molecule has 2 N–H and O–H groups in total. The Morgan fingerprint density at radius 1 is 0.829 bits per heavy atom. The quantitative estimate of drug-likeness (QED) is 0.467. The number of fused-ring (bicyclic) bond motifs is 3. The van der Waals surface area contributed by atoms with E-state index in [9.17, 15) is 19.8 Å². The third-order valence-electron chi connectivity index (χ3n) is 8.45. The molecule has 1 saturated heterocycles. The number of carbonyl (C=O) groups is 2. The van der Waals surface area contributed by atoms with Gasteiger partial charge < -0.3 is 15.1 Å². The van der Waals surface area contributed by atoms with Crippen LogP contribution in [0, 0.1) is 16.6 Å². The van der Waals surface area contributed by atoms with E-state index >= 15 is 4.39 Å². The zero-order chi connectivity index (χ0) is 26.0. The van der Waals surface area contributed by atoms with Crippen LogP contribution in [0.2, 0.25) is 0 Å². The number of rotatable bonds is 1. The topological polar surface area (TPSA) is 81.1 Å². The molecule has 0 aliphatic carbocycles. The second kappa shape index (κ2) is 7.97. The Morgan fingerprint density at radius 2 is 1.43 bits per heavy atom. The summed E-state index contributed by atoms with van der Waals surface area (Å²) in [5, 5.41) is 20.6. The maximum atomic E-state index is 15.2. The summed E-state index contributed by atoms with van der Waals surface area (Å²) < 4.78 is 15.2. The molecule has 0 spiro atoms. The lowest BCUT2D eigenvalue weighted by Crippen LogP contribution is -2.70. The van der Waals surface area contributed by atoms with Gasteiger partial charge in [-0.05, 0) is 46.9 Å². The van der Waals surface area contributed by atoms with Gasteiger partial charge in [-0.15, -0.1) is 0 Å². The number of likely N-dealkylation sites (tertiary alicyclic amines) is 1. The van der Waals surface area contributed by atoms with Crippen LogP contribution < -0.4 is 4.90 Å². The van der Waals surface area contributed by atoms with E-state index in [1.165, 1.54) is 15.9 Å². The molecule has 2 aromatic rings. The van der Waals surface area contributed by atoms with E-state index in [1.54, 1.807) is 24.3 Å². The first-order valence-electron chi connectivity index (χ1n) is 12.1. The van der Waals surface area contributed by atoms with Crippen molar-refractivity contribution in [2.75, 3.05) is 18.0 Å². The van der Waals surface area contributed by atoms with E-state index < -0.39 is 34.0 Å². The normalized spacial score (nSPS) is 24.5. The Bertz CT molecular complexity index is 1180. The third-order valence-corrected chi connectivity index (χ3v) is 8.45. The summed E-state index contributed by atoms with van der Waals surface area (Å²) in [6.45, 7) is 12.9. The molecule has 188 valence electrons. The van der Waals surface area contributed by atoms with Crippen molar-refractivity contribution in [1.29, 1.82) is 0 Å². The van der Waals surface area contributed by atoms with Gasteiger partial charge in [-0.1, -0.05) is 71.9 Å². The van der Waals surface area contributed by atoms with Crippen molar-refractivity contribution in [2.24, 2.45) is 10.8 Å². The molecule has 7 heteroatoms.